The number of carboxylic acid groups (broad SMARTS) is 1. The largest absolute Gasteiger partial charge is 0.480 e. The molecule has 6 N–H and O–H groups in total. The van der Waals surface area contributed by atoms with E-state index < -0.39 is 27.0 Å². The summed E-state index contributed by atoms with van der Waals surface area (Å²) in [6, 6.07) is 13.6. The van der Waals surface area contributed by atoms with E-state index in [9.17, 15) is 23.1 Å². The second kappa shape index (κ2) is 9.40. The topological polar surface area (TPSA) is 163 Å². The fourth-order valence-corrected chi connectivity index (χ4v) is 5.36. The third-order valence-corrected chi connectivity index (χ3v) is 7.31. The predicted molar refractivity (Wildman–Crippen MR) is 120 cm³/mol. The smallest absolute Gasteiger partial charge is 0.331 e. The van der Waals surface area contributed by atoms with Crippen molar-refractivity contribution in [1.29, 1.82) is 0 Å². The molecule has 10 nitrogen and oxygen atoms in total. The molecule has 1 aliphatic heterocycles. The van der Waals surface area contributed by atoms with Crippen LogP contribution in [0.1, 0.15) is 12.0 Å². The van der Waals surface area contributed by atoms with Crippen molar-refractivity contribution in [3.05, 3.63) is 54.1 Å². The number of guanidine groups is 1. The Labute approximate surface area is 184 Å². The average molecular weight is 455 g/mol. The highest BCUT2D eigenvalue weighted by molar-refractivity contribution is 7.93. The molecule has 0 bridgehead atoms. The van der Waals surface area contributed by atoms with Gasteiger partial charge in [0, 0.05) is 24.7 Å². The molecule has 2 aromatic rings. The second-order valence-corrected chi connectivity index (χ2v) is 8.90. The Morgan fingerprint density at radius 2 is 2.06 bits per heavy atom. The summed E-state index contributed by atoms with van der Waals surface area (Å²) in [6.07, 6.45) is -0.296. The summed E-state index contributed by atoms with van der Waals surface area (Å²) in [7, 11) is -4.64. The molecular weight excluding hydrogens is 434 g/mol. The number of anilines is 2. The summed E-state index contributed by atoms with van der Waals surface area (Å²) in [4.78, 5) is 27.5. The average Bonchev–Trinajstić information content (AvgIpc) is 3.28. The SMILES string of the molecule is NC#CCC(C(=O)O)(c1cccc(NC2=NCCN2)c1)S(=O)(=O)c1ccccc1NC=O. The fourth-order valence-electron chi connectivity index (χ4n) is 3.38. The van der Waals surface area contributed by atoms with Crippen LogP contribution in [0.5, 0.6) is 0 Å². The Bertz CT molecular complexity index is 1230. The number of hydrogen-bond donors (Lipinski definition) is 5. The van der Waals surface area contributed by atoms with E-state index in [4.69, 9.17) is 5.73 Å². The van der Waals surface area contributed by atoms with Crippen LogP contribution < -0.4 is 21.7 Å². The number of para-hydroxylation sites is 1. The summed E-state index contributed by atoms with van der Waals surface area (Å²) in [5.74, 6) is 1.27. The normalized spacial score (nSPS) is 14.7. The summed E-state index contributed by atoms with van der Waals surface area (Å²) in [6.45, 7) is 1.24. The Morgan fingerprint density at radius 3 is 2.72 bits per heavy atom. The van der Waals surface area contributed by atoms with Gasteiger partial charge in [-0.2, -0.15) is 0 Å². The van der Waals surface area contributed by atoms with Crippen LogP contribution in [0.3, 0.4) is 0 Å². The van der Waals surface area contributed by atoms with Gasteiger partial charge in [-0.25, -0.2) is 8.42 Å². The fraction of sp³-hybridized carbons (Fsp3) is 0.190. The third kappa shape index (κ3) is 4.08. The standard InChI is InChI=1S/C21H21N5O5S/c22-10-4-9-21(19(28)29,32(30,31)18-8-2-1-7-17(18)25-14-27)15-5-3-6-16(13-15)26-20-23-11-12-24-20/h1-3,5-8,13-14H,9,11-12,22H2,(H,25,27)(H,28,29)(H2,23,24,26). The first-order valence-corrected chi connectivity index (χ1v) is 11.0. The molecule has 0 spiro atoms. The number of nitrogens with two attached hydrogens (primary N) is 1. The van der Waals surface area contributed by atoms with Crippen LogP contribution in [0.25, 0.3) is 0 Å². The molecule has 2 aromatic carbocycles. The Morgan fingerprint density at radius 1 is 1.28 bits per heavy atom. The molecule has 32 heavy (non-hydrogen) atoms. The molecule has 0 aliphatic carbocycles. The zero-order chi connectivity index (χ0) is 23.2. The lowest BCUT2D eigenvalue weighted by Crippen LogP contribution is -2.44. The first-order chi connectivity index (χ1) is 15.4. The lowest BCUT2D eigenvalue weighted by molar-refractivity contribution is -0.140. The van der Waals surface area contributed by atoms with Gasteiger partial charge in [0.05, 0.1) is 17.1 Å². The summed E-state index contributed by atoms with van der Waals surface area (Å²) in [5.41, 5.74) is 5.63. The molecule has 166 valence electrons. The van der Waals surface area contributed by atoms with Gasteiger partial charge in [-0.15, -0.1) is 0 Å². The van der Waals surface area contributed by atoms with Crippen LogP contribution in [-0.2, 0) is 24.2 Å². The van der Waals surface area contributed by atoms with Crippen LogP contribution in [-0.4, -0.2) is 45.0 Å². The van der Waals surface area contributed by atoms with E-state index in [2.05, 4.69) is 32.9 Å². The highest BCUT2D eigenvalue weighted by Crippen LogP contribution is 2.42. The summed E-state index contributed by atoms with van der Waals surface area (Å²) < 4.78 is 25.2. The van der Waals surface area contributed by atoms with E-state index in [1.54, 1.807) is 6.07 Å². The Kier molecular flexibility index (Phi) is 6.65. The molecule has 0 saturated carbocycles. The maximum atomic E-state index is 13.9. The van der Waals surface area contributed by atoms with Crippen molar-refractivity contribution in [2.24, 2.45) is 10.7 Å². The number of aliphatic imine (C=N–C) groups is 1. The van der Waals surface area contributed by atoms with Crippen LogP contribution >= 0.6 is 0 Å². The van der Waals surface area contributed by atoms with E-state index in [1.807, 2.05) is 0 Å². The minimum absolute atomic E-state index is 0.0303. The van der Waals surface area contributed by atoms with Gasteiger partial charge < -0.3 is 26.8 Å². The molecule has 11 heteroatoms. The third-order valence-electron chi connectivity index (χ3n) is 4.90. The zero-order valence-electron chi connectivity index (χ0n) is 16.8. The van der Waals surface area contributed by atoms with Gasteiger partial charge in [0.2, 0.25) is 21.0 Å². The first kappa shape index (κ1) is 22.6. The monoisotopic (exact) mass is 455 g/mol. The number of benzene rings is 2. The Balaban J connectivity index is 2.23. The quantitative estimate of drug-likeness (QED) is 0.220. The van der Waals surface area contributed by atoms with E-state index >= 15 is 0 Å². The molecule has 0 fully saturated rings. The molecule has 1 aliphatic rings. The second-order valence-electron chi connectivity index (χ2n) is 6.75. The van der Waals surface area contributed by atoms with Crippen molar-refractivity contribution >= 4 is 39.6 Å². The number of rotatable bonds is 8. The van der Waals surface area contributed by atoms with Crippen LogP contribution in [0.2, 0.25) is 0 Å². The molecule has 1 unspecified atom stereocenters. The van der Waals surface area contributed by atoms with Crippen LogP contribution in [0.15, 0.2) is 58.4 Å². The minimum Gasteiger partial charge on any atom is -0.480 e. The van der Waals surface area contributed by atoms with Gasteiger partial charge in [0.15, 0.2) is 5.96 Å². The number of hydrogen-bond acceptors (Lipinski definition) is 8. The molecular formula is C21H21N5O5S. The molecule has 1 heterocycles. The van der Waals surface area contributed by atoms with Crippen LogP contribution in [0.4, 0.5) is 11.4 Å². The van der Waals surface area contributed by atoms with Gasteiger partial charge in [0.1, 0.15) is 0 Å². The van der Waals surface area contributed by atoms with Gasteiger partial charge in [0.25, 0.3) is 0 Å². The predicted octanol–water partition coefficient (Wildman–Crippen LogP) is 0.690. The van der Waals surface area contributed by atoms with Crippen molar-refractivity contribution < 1.29 is 23.1 Å². The number of carboxylic acids is 1. The summed E-state index contributed by atoms with van der Waals surface area (Å²) >= 11 is 0. The van der Waals surface area contributed by atoms with Gasteiger partial charge in [-0.1, -0.05) is 30.2 Å². The number of carbonyl (C=O) groups is 2. The van der Waals surface area contributed by atoms with Gasteiger partial charge in [-0.3, -0.25) is 14.6 Å². The molecule has 3 rings (SSSR count). The first-order valence-electron chi connectivity index (χ1n) is 9.48. The number of carbonyl (C=O) groups excluding carboxylic acids is 1. The highest BCUT2D eigenvalue weighted by Gasteiger charge is 2.53. The van der Waals surface area contributed by atoms with Crippen molar-refractivity contribution in [2.45, 2.75) is 16.1 Å². The van der Waals surface area contributed by atoms with E-state index in [-0.39, 0.29) is 16.1 Å². The van der Waals surface area contributed by atoms with Gasteiger partial charge in [-0.05, 0) is 29.8 Å². The number of nitrogens with zero attached hydrogens (tertiary/aromatic N) is 1. The van der Waals surface area contributed by atoms with E-state index in [1.165, 1.54) is 42.5 Å². The molecule has 1 atom stereocenters. The highest BCUT2D eigenvalue weighted by atomic mass is 32.2. The number of nitrogens with one attached hydrogen (secondary N) is 3. The Hall–Kier alpha value is -4.04. The molecule has 0 aromatic heterocycles. The summed E-state index contributed by atoms with van der Waals surface area (Å²) in [5, 5.41) is 18.6. The minimum atomic E-state index is -4.64. The molecule has 0 radical (unpaired) electrons. The van der Waals surface area contributed by atoms with Crippen molar-refractivity contribution in [1.82, 2.24) is 5.32 Å². The molecule has 0 saturated heterocycles. The van der Waals surface area contributed by atoms with Crippen molar-refractivity contribution in [2.75, 3.05) is 23.7 Å². The van der Waals surface area contributed by atoms with E-state index in [0.717, 1.165) is 0 Å². The maximum absolute atomic E-state index is 13.9. The number of sulfone groups is 1. The molecule has 1 amide bonds. The van der Waals surface area contributed by atoms with Crippen molar-refractivity contribution in [3.8, 4) is 12.0 Å². The number of aliphatic carboxylic acids is 1. The van der Waals surface area contributed by atoms with E-state index in [0.29, 0.717) is 31.1 Å². The number of amides is 1. The van der Waals surface area contributed by atoms with Gasteiger partial charge >= 0.3 is 5.97 Å². The van der Waals surface area contributed by atoms with Crippen LogP contribution in [0, 0.1) is 12.0 Å². The lowest BCUT2D eigenvalue weighted by Gasteiger charge is -2.29. The lowest BCUT2D eigenvalue weighted by atomic mass is 9.94. The maximum Gasteiger partial charge on any atom is 0.331 e. The zero-order valence-corrected chi connectivity index (χ0v) is 17.6. The van der Waals surface area contributed by atoms with Crippen molar-refractivity contribution in [3.63, 3.8) is 0 Å².